The number of hydrogen-bond donors (Lipinski definition) is 3. The van der Waals surface area contributed by atoms with Crippen LogP contribution >= 0.6 is 0 Å². The van der Waals surface area contributed by atoms with Crippen LogP contribution in [-0.4, -0.2) is 45.8 Å². The summed E-state index contributed by atoms with van der Waals surface area (Å²) in [6.07, 6.45) is 1.72. The summed E-state index contributed by atoms with van der Waals surface area (Å²) in [5.74, 6) is 0.329. The number of carbonyl (C=O) groups excluding carboxylic acids is 1. The number of hydrogen-bond acceptors (Lipinski definition) is 5. The molecule has 9 nitrogen and oxygen atoms in total. The minimum Gasteiger partial charge on any atom is -0.383 e. The van der Waals surface area contributed by atoms with Crippen molar-refractivity contribution in [3.05, 3.63) is 64.7 Å². The van der Waals surface area contributed by atoms with Crippen molar-refractivity contribution in [2.75, 3.05) is 25.6 Å². The lowest BCUT2D eigenvalue weighted by Gasteiger charge is -2.18. The Labute approximate surface area is 197 Å². The Morgan fingerprint density at radius 3 is 2.68 bits per heavy atom. The average Bonchev–Trinajstić information content (AvgIpc) is 3.21. The Hall–Kier alpha value is -3.98. The first-order valence-corrected chi connectivity index (χ1v) is 11.1. The number of nitrogens with zero attached hydrogens (tertiary/aromatic N) is 3. The number of benzene rings is 1. The van der Waals surface area contributed by atoms with E-state index in [4.69, 9.17) is 4.74 Å². The van der Waals surface area contributed by atoms with Crippen molar-refractivity contribution < 1.29 is 9.53 Å². The van der Waals surface area contributed by atoms with E-state index in [1.807, 2.05) is 57.2 Å². The molecule has 0 aliphatic heterocycles. The number of carbonyl (C=O) groups is 1. The molecule has 4 aromatic rings. The number of urea groups is 1. The average molecular weight is 461 g/mol. The number of fused-ring (bicyclic) bond motifs is 1. The first-order chi connectivity index (χ1) is 16.4. The first-order valence-electron chi connectivity index (χ1n) is 11.1. The van der Waals surface area contributed by atoms with Gasteiger partial charge in [0.1, 0.15) is 0 Å². The topological polar surface area (TPSA) is 114 Å². The molecule has 34 heavy (non-hydrogen) atoms. The second kappa shape index (κ2) is 9.88. The van der Waals surface area contributed by atoms with E-state index in [1.54, 1.807) is 23.9 Å². The highest BCUT2D eigenvalue weighted by atomic mass is 16.5. The number of amides is 2. The molecule has 1 atom stereocenters. The normalized spacial score (nSPS) is 12.0. The molecule has 9 heteroatoms. The number of ether oxygens (including phenoxy) is 1. The first kappa shape index (κ1) is 23.2. The standard InChI is InChI=1S/C25H28N6O3/c1-5-26-25(33)30-24-28-21-12-18(11-19(23(21)29-24)20-8-6-7-9-27-20)17-10-15(2)31(22(32)13-17)16(3)14-34-4/h6-13,16H,5,14H2,1-4H3,(H3,26,28,29,30,33)/t16-/m0/s1. The van der Waals surface area contributed by atoms with Crippen LogP contribution in [-0.2, 0) is 4.74 Å². The summed E-state index contributed by atoms with van der Waals surface area (Å²) < 4.78 is 6.96. The van der Waals surface area contributed by atoms with E-state index in [0.29, 0.717) is 24.6 Å². The minimum absolute atomic E-state index is 0.0754. The zero-order chi connectivity index (χ0) is 24.2. The fourth-order valence-electron chi connectivity index (χ4n) is 4.13. The molecule has 2 amide bonds. The fraction of sp³-hybridized carbons (Fsp3) is 0.280. The molecule has 0 spiro atoms. The monoisotopic (exact) mass is 460 g/mol. The van der Waals surface area contributed by atoms with Crippen LogP contribution in [0.4, 0.5) is 10.7 Å². The number of aromatic amines is 1. The summed E-state index contributed by atoms with van der Waals surface area (Å²) in [6, 6.07) is 12.8. The zero-order valence-corrected chi connectivity index (χ0v) is 19.7. The predicted octanol–water partition coefficient (Wildman–Crippen LogP) is 4.11. The summed E-state index contributed by atoms with van der Waals surface area (Å²) in [6.45, 7) is 6.67. The highest BCUT2D eigenvalue weighted by Gasteiger charge is 2.16. The summed E-state index contributed by atoms with van der Waals surface area (Å²) in [5, 5.41) is 5.41. The molecule has 0 unspecified atom stereocenters. The van der Waals surface area contributed by atoms with Gasteiger partial charge in [0.25, 0.3) is 5.56 Å². The molecule has 0 saturated heterocycles. The van der Waals surface area contributed by atoms with Gasteiger partial charge in [-0.25, -0.2) is 9.78 Å². The Kier molecular flexibility index (Phi) is 6.74. The van der Waals surface area contributed by atoms with Gasteiger partial charge < -0.3 is 19.6 Å². The fourth-order valence-corrected chi connectivity index (χ4v) is 4.13. The number of H-pyrrole nitrogens is 1. The number of nitrogens with one attached hydrogen (secondary N) is 3. The van der Waals surface area contributed by atoms with Crippen molar-refractivity contribution in [1.82, 2.24) is 24.8 Å². The molecule has 1 aromatic carbocycles. The third kappa shape index (κ3) is 4.69. The smallest absolute Gasteiger partial charge is 0.321 e. The van der Waals surface area contributed by atoms with Crippen LogP contribution in [0, 0.1) is 6.92 Å². The van der Waals surface area contributed by atoms with Crippen molar-refractivity contribution in [2.45, 2.75) is 26.8 Å². The maximum Gasteiger partial charge on any atom is 0.321 e. The highest BCUT2D eigenvalue weighted by Crippen LogP contribution is 2.33. The van der Waals surface area contributed by atoms with Crippen LogP contribution in [0.3, 0.4) is 0 Å². The van der Waals surface area contributed by atoms with E-state index >= 15 is 0 Å². The molecule has 3 heterocycles. The van der Waals surface area contributed by atoms with E-state index in [1.165, 1.54) is 0 Å². The Bertz CT molecular complexity index is 1380. The number of aromatic nitrogens is 4. The van der Waals surface area contributed by atoms with Gasteiger partial charge in [0, 0.05) is 37.2 Å². The summed E-state index contributed by atoms with van der Waals surface area (Å²) in [4.78, 5) is 37.2. The Balaban J connectivity index is 1.85. The third-order valence-corrected chi connectivity index (χ3v) is 5.54. The molecule has 0 aliphatic rings. The predicted molar refractivity (Wildman–Crippen MR) is 133 cm³/mol. The number of aryl methyl sites for hydroxylation is 1. The highest BCUT2D eigenvalue weighted by molar-refractivity contribution is 5.98. The summed E-state index contributed by atoms with van der Waals surface area (Å²) in [5.41, 5.74) is 5.31. The van der Waals surface area contributed by atoms with Crippen molar-refractivity contribution in [3.63, 3.8) is 0 Å². The lowest BCUT2D eigenvalue weighted by atomic mass is 9.99. The van der Waals surface area contributed by atoms with Gasteiger partial charge in [0.05, 0.1) is 29.4 Å². The van der Waals surface area contributed by atoms with E-state index in [9.17, 15) is 9.59 Å². The largest absolute Gasteiger partial charge is 0.383 e. The van der Waals surface area contributed by atoms with Gasteiger partial charge >= 0.3 is 6.03 Å². The second-order valence-electron chi connectivity index (χ2n) is 8.10. The zero-order valence-electron chi connectivity index (χ0n) is 19.7. The van der Waals surface area contributed by atoms with Gasteiger partial charge in [0.15, 0.2) is 0 Å². The number of imidazole rings is 1. The Morgan fingerprint density at radius 1 is 1.21 bits per heavy atom. The van der Waals surface area contributed by atoms with Gasteiger partial charge in [-0.05, 0) is 62.2 Å². The molecule has 3 N–H and O–H groups in total. The van der Waals surface area contributed by atoms with Crippen molar-refractivity contribution >= 4 is 23.0 Å². The Morgan fingerprint density at radius 2 is 2.00 bits per heavy atom. The van der Waals surface area contributed by atoms with E-state index < -0.39 is 0 Å². The minimum atomic E-state index is -0.342. The molecular formula is C25H28N6O3. The van der Waals surface area contributed by atoms with Gasteiger partial charge in [0.2, 0.25) is 5.95 Å². The molecule has 0 radical (unpaired) electrons. The van der Waals surface area contributed by atoms with E-state index in [0.717, 1.165) is 33.6 Å². The van der Waals surface area contributed by atoms with Gasteiger partial charge in [-0.2, -0.15) is 0 Å². The molecule has 0 bridgehead atoms. The molecular weight excluding hydrogens is 432 g/mol. The SMILES string of the molecule is CCNC(=O)Nc1nc2c(-c3ccccn3)cc(-c3cc(C)n([C@@H](C)COC)c(=O)c3)cc2[nH]1. The van der Waals surface area contributed by atoms with Crippen LogP contribution in [0.2, 0.25) is 0 Å². The summed E-state index contributed by atoms with van der Waals surface area (Å²) >= 11 is 0. The van der Waals surface area contributed by atoms with E-state index in [2.05, 4.69) is 25.6 Å². The van der Waals surface area contributed by atoms with Crippen LogP contribution in [0.1, 0.15) is 25.6 Å². The molecule has 4 rings (SSSR count). The molecule has 176 valence electrons. The van der Waals surface area contributed by atoms with Crippen LogP contribution in [0.25, 0.3) is 33.4 Å². The lowest BCUT2D eigenvalue weighted by molar-refractivity contribution is 0.160. The van der Waals surface area contributed by atoms with Crippen LogP contribution in [0.15, 0.2) is 53.5 Å². The van der Waals surface area contributed by atoms with Crippen molar-refractivity contribution in [1.29, 1.82) is 0 Å². The van der Waals surface area contributed by atoms with Gasteiger partial charge in [-0.3, -0.25) is 15.1 Å². The van der Waals surface area contributed by atoms with Crippen molar-refractivity contribution in [2.24, 2.45) is 0 Å². The van der Waals surface area contributed by atoms with E-state index in [-0.39, 0.29) is 17.6 Å². The van der Waals surface area contributed by atoms with Crippen LogP contribution in [0.5, 0.6) is 0 Å². The summed E-state index contributed by atoms with van der Waals surface area (Å²) in [7, 11) is 1.62. The maximum atomic E-state index is 13.0. The van der Waals surface area contributed by atoms with Crippen molar-refractivity contribution in [3.8, 4) is 22.4 Å². The quantitative estimate of drug-likeness (QED) is 0.384. The van der Waals surface area contributed by atoms with Crippen LogP contribution < -0.4 is 16.2 Å². The lowest BCUT2D eigenvalue weighted by Crippen LogP contribution is -2.28. The molecule has 3 aromatic heterocycles. The number of anilines is 1. The third-order valence-electron chi connectivity index (χ3n) is 5.54. The molecule has 0 saturated carbocycles. The number of methoxy groups -OCH3 is 1. The molecule has 0 aliphatic carbocycles. The number of pyridine rings is 2. The van der Waals surface area contributed by atoms with Gasteiger partial charge in [-0.15, -0.1) is 0 Å². The number of rotatable bonds is 7. The van der Waals surface area contributed by atoms with Gasteiger partial charge in [-0.1, -0.05) is 6.07 Å². The molecule has 0 fully saturated rings. The maximum absolute atomic E-state index is 13.0. The second-order valence-corrected chi connectivity index (χ2v) is 8.10.